The molecule has 0 N–H and O–H groups in total. The molecule has 0 aliphatic heterocycles. The smallest absolute Gasteiger partial charge is 0.223 e. The lowest BCUT2D eigenvalue weighted by atomic mass is 9.88. The normalized spacial score (nSPS) is 11.8. The summed E-state index contributed by atoms with van der Waals surface area (Å²) < 4.78 is 13.3. The fourth-order valence-corrected chi connectivity index (χ4v) is 2.88. The van der Waals surface area contributed by atoms with Gasteiger partial charge in [-0.25, -0.2) is 14.4 Å². The summed E-state index contributed by atoms with van der Waals surface area (Å²) in [5.41, 5.74) is 2.73. The van der Waals surface area contributed by atoms with Crippen molar-refractivity contribution in [2.45, 2.75) is 18.9 Å². The zero-order valence-corrected chi connectivity index (χ0v) is 14.5. The Hall–Kier alpha value is -3.08. The standard InChI is InChI=1S/C21H20FN3O/c1-25(14-19-11-12-23-15-24-19)21(26)13-20(16-5-3-2-4-6-16)17-7-9-18(22)10-8-17/h2-12,15,20H,13-14H2,1H3/t20-/m1/s1. The highest BCUT2D eigenvalue weighted by atomic mass is 19.1. The largest absolute Gasteiger partial charge is 0.340 e. The van der Waals surface area contributed by atoms with Crippen molar-refractivity contribution in [3.63, 3.8) is 0 Å². The van der Waals surface area contributed by atoms with Gasteiger partial charge in [-0.2, -0.15) is 0 Å². The van der Waals surface area contributed by atoms with E-state index in [1.807, 2.05) is 30.3 Å². The van der Waals surface area contributed by atoms with E-state index in [0.29, 0.717) is 13.0 Å². The van der Waals surface area contributed by atoms with Crippen molar-refractivity contribution >= 4 is 5.91 Å². The maximum Gasteiger partial charge on any atom is 0.223 e. The average molecular weight is 349 g/mol. The molecule has 1 aromatic heterocycles. The number of aromatic nitrogens is 2. The minimum absolute atomic E-state index is 0.00166. The summed E-state index contributed by atoms with van der Waals surface area (Å²) in [5, 5.41) is 0. The Bertz CT molecular complexity index is 838. The molecular formula is C21H20FN3O. The maximum absolute atomic E-state index is 13.3. The number of hydrogen-bond acceptors (Lipinski definition) is 3. The number of halogens is 1. The number of benzene rings is 2. The summed E-state index contributed by atoms with van der Waals surface area (Å²) in [6.07, 6.45) is 3.43. The van der Waals surface area contributed by atoms with Gasteiger partial charge < -0.3 is 4.90 Å². The van der Waals surface area contributed by atoms with Gasteiger partial charge in [0.15, 0.2) is 0 Å². The Morgan fingerprint density at radius 2 is 1.73 bits per heavy atom. The molecule has 0 saturated carbocycles. The molecule has 0 bridgehead atoms. The fraction of sp³-hybridized carbons (Fsp3) is 0.190. The number of hydrogen-bond donors (Lipinski definition) is 0. The quantitative estimate of drug-likeness (QED) is 0.680. The van der Waals surface area contributed by atoms with Gasteiger partial charge in [0.1, 0.15) is 12.1 Å². The number of nitrogens with zero attached hydrogens (tertiary/aromatic N) is 3. The predicted molar refractivity (Wildman–Crippen MR) is 97.8 cm³/mol. The molecule has 0 spiro atoms. The molecule has 1 atom stereocenters. The van der Waals surface area contributed by atoms with E-state index in [1.165, 1.54) is 18.5 Å². The highest BCUT2D eigenvalue weighted by Crippen LogP contribution is 2.29. The van der Waals surface area contributed by atoms with Crippen molar-refractivity contribution in [1.82, 2.24) is 14.9 Å². The Labute approximate surface area is 152 Å². The highest BCUT2D eigenvalue weighted by Gasteiger charge is 2.21. The average Bonchev–Trinajstić information content (AvgIpc) is 2.68. The van der Waals surface area contributed by atoms with Crippen LogP contribution >= 0.6 is 0 Å². The number of rotatable bonds is 6. The Kier molecular flexibility index (Phi) is 5.69. The van der Waals surface area contributed by atoms with Crippen LogP contribution in [0, 0.1) is 5.82 Å². The topological polar surface area (TPSA) is 46.1 Å². The molecule has 3 aromatic rings. The molecule has 4 nitrogen and oxygen atoms in total. The molecule has 0 aliphatic carbocycles. The molecule has 132 valence electrons. The van der Waals surface area contributed by atoms with Crippen molar-refractivity contribution in [3.05, 3.63) is 95.8 Å². The van der Waals surface area contributed by atoms with E-state index in [-0.39, 0.29) is 17.6 Å². The molecular weight excluding hydrogens is 329 g/mol. The first-order chi connectivity index (χ1) is 12.6. The second kappa shape index (κ2) is 8.34. The van der Waals surface area contributed by atoms with Crippen molar-refractivity contribution in [3.8, 4) is 0 Å². The van der Waals surface area contributed by atoms with Crippen molar-refractivity contribution < 1.29 is 9.18 Å². The maximum atomic E-state index is 13.3. The van der Waals surface area contributed by atoms with Gasteiger partial charge in [0.2, 0.25) is 5.91 Å². The first-order valence-corrected chi connectivity index (χ1v) is 8.43. The summed E-state index contributed by atoms with van der Waals surface area (Å²) in [5.74, 6) is -0.410. The first kappa shape index (κ1) is 17.7. The molecule has 0 radical (unpaired) electrons. The first-order valence-electron chi connectivity index (χ1n) is 8.43. The molecule has 0 saturated heterocycles. The molecule has 1 amide bonds. The Morgan fingerprint density at radius 3 is 2.38 bits per heavy atom. The van der Waals surface area contributed by atoms with Crippen LogP contribution in [0.5, 0.6) is 0 Å². The lowest BCUT2D eigenvalue weighted by molar-refractivity contribution is -0.130. The van der Waals surface area contributed by atoms with Gasteiger partial charge in [0, 0.05) is 25.6 Å². The number of carbonyl (C=O) groups excluding carboxylic acids is 1. The van der Waals surface area contributed by atoms with E-state index in [1.54, 1.807) is 36.3 Å². The van der Waals surface area contributed by atoms with E-state index in [4.69, 9.17) is 0 Å². The predicted octanol–water partition coefficient (Wildman–Crippen LogP) is 3.80. The van der Waals surface area contributed by atoms with E-state index in [9.17, 15) is 9.18 Å². The summed E-state index contributed by atoms with van der Waals surface area (Å²) >= 11 is 0. The highest BCUT2D eigenvalue weighted by molar-refractivity contribution is 5.77. The van der Waals surface area contributed by atoms with Crippen LogP contribution in [-0.4, -0.2) is 27.8 Å². The molecule has 0 fully saturated rings. The Morgan fingerprint density at radius 1 is 1.04 bits per heavy atom. The summed E-state index contributed by atoms with van der Waals surface area (Å²) in [4.78, 5) is 22.5. The van der Waals surface area contributed by atoms with Gasteiger partial charge in [-0.1, -0.05) is 42.5 Å². The molecule has 0 unspecified atom stereocenters. The number of carbonyl (C=O) groups is 1. The van der Waals surface area contributed by atoms with Crippen LogP contribution in [0.3, 0.4) is 0 Å². The molecule has 26 heavy (non-hydrogen) atoms. The minimum Gasteiger partial charge on any atom is -0.340 e. The van der Waals surface area contributed by atoms with Crippen LogP contribution in [0.15, 0.2) is 73.2 Å². The van der Waals surface area contributed by atoms with Crippen molar-refractivity contribution in [1.29, 1.82) is 0 Å². The van der Waals surface area contributed by atoms with Crippen molar-refractivity contribution in [2.24, 2.45) is 0 Å². The van der Waals surface area contributed by atoms with Crippen LogP contribution in [-0.2, 0) is 11.3 Å². The summed E-state index contributed by atoms with van der Waals surface area (Å²) in [6, 6.07) is 17.9. The molecule has 3 rings (SSSR count). The van der Waals surface area contributed by atoms with Crippen LogP contribution < -0.4 is 0 Å². The van der Waals surface area contributed by atoms with Gasteiger partial charge >= 0.3 is 0 Å². The van der Waals surface area contributed by atoms with E-state index >= 15 is 0 Å². The SMILES string of the molecule is CN(Cc1ccncn1)C(=O)C[C@H](c1ccccc1)c1ccc(F)cc1. The minimum atomic E-state index is -0.284. The van der Waals surface area contributed by atoms with Gasteiger partial charge in [0.25, 0.3) is 0 Å². The van der Waals surface area contributed by atoms with E-state index in [0.717, 1.165) is 16.8 Å². The Balaban J connectivity index is 1.79. The van der Waals surface area contributed by atoms with Gasteiger partial charge in [-0.05, 0) is 29.3 Å². The monoisotopic (exact) mass is 349 g/mol. The van der Waals surface area contributed by atoms with Gasteiger partial charge in [-0.3, -0.25) is 4.79 Å². The third-order valence-corrected chi connectivity index (χ3v) is 4.32. The van der Waals surface area contributed by atoms with E-state index < -0.39 is 0 Å². The van der Waals surface area contributed by atoms with Crippen LogP contribution in [0.25, 0.3) is 0 Å². The lowest BCUT2D eigenvalue weighted by Gasteiger charge is -2.22. The molecule has 2 aromatic carbocycles. The van der Waals surface area contributed by atoms with Crippen LogP contribution in [0.4, 0.5) is 4.39 Å². The molecule has 1 heterocycles. The van der Waals surface area contributed by atoms with E-state index in [2.05, 4.69) is 9.97 Å². The summed E-state index contributed by atoms with van der Waals surface area (Å²) in [7, 11) is 1.76. The molecule has 5 heteroatoms. The second-order valence-electron chi connectivity index (χ2n) is 6.17. The number of amides is 1. The fourth-order valence-electron chi connectivity index (χ4n) is 2.88. The molecule has 0 aliphatic rings. The third kappa shape index (κ3) is 4.51. The second-order valence-corrected chi connectivity index (χ2v) is 6.17. The lowest BCUT2D eigenvalue weighted by Crippen LogP contribution is -2.28. The zero-order chi connectivity index (χ0) is 18.4. The third-order valence-electron chi connectivity index (χ3n) is 4.32. The van der Waals surface area contributed by atoms with Crippen LogP contribution in [0.1, 0.15) is 29.2 Å². The van der Waals surface area contributed by atoms with Crippen molar-refractivity contribution in [2.75, 3.05) is 7.05 Å². The summed E-state index contributed by atoms with van der Waals surface area (Å²) in [6.45, 7) is 0.423. The zero-order valence-electron chi connectivity index (χ0n) is 14.5. The van der Waals surface area contributed by atoms with Gasteiger partial charge in [0.05, 0.1) is 12.2 Å². The van der Waals surface area contributed by atoms with Crippen LogP contribution in [0.2, 0.25) is 0 Å². The van der Waals surface area contributed by atoms with Gasteiger partial charge in [-0.15, -0.1) is 0 Å².